The number of β-amino-alcohol motifs (C(OH)–C–C–N with tert-alkyl or cyclic N) is 1. The lowest BCUT2D eigenvalue weighted by molar-refractivity contribution is -0.152. The summed E-state index contributed by atoms with van der Waals surface area (Å²) in [6, 6.07) is 8.65. The highest BCUT2D eigenvalue weighted by atomic mass is 16.4. The summed E-state index contributed by atoms with van der Waals surface area (Å²) in [6.07, 6.45) is 1.83. The number of rotatable bonds is 3. The quantitative estimate of drug-likeness (QED) is 0.875. The van der Waals surface area contributed by atoms with Crippen LogP contribution in [0.2, 0.25) is 0 Å². The van der Waals surface area contributed by atoms with Crippen LogP contribution in [0.15, 0.2) is 30.3 Å². The summed E-state index contributed by atoms with van der Waals surface area (Å²) >= 11 is 0. The first kappa shape index (κ1) is 14.1. The molecule has 0 unspecified atom stereocenters. The zero-order valence-corrected chi connectivity index (χ0v) is 11.7. The second-order valence-corrected chi connectivity index (χ2v) is 6.00. The average Bonchev–Trinajstić information content (AvgIpc) is 2.81. The third-order valence-electron chi connectivity index (χ3n) is 4.77. The van der Waals surface area contributed by atoms with Gasteiger partial charge >= 0.3 is 5.97 Å². The lowest BCUT2D eigenvalue weighted by Gasteiger charge is -2.44. The van der Waals surface area contributed by atoms with E-state index >= 15 is 0 Å². The van der Waals surface area contributed by atoms with Crippen molar-refractivity contribution < 1.29 is 19.8 Å². The van der Waals surface area contributed by atoms with E-state index in [1.807, 2.05) is 30.3 Å². The van der Waals surface area contributed by atoms with Gasteiger partial charge in [-0.05, 0) is 18.4 Å². The van der Waals surface area contributed by atoms with Crippen LogP contribution in [0.4, 0.5) is 0 Å². The summed E-state index contributed by atoms with van der Waals surface area (Å²) < 4.78 is 0. The van der Waals surface area contributed by atoms with Crippen molar-refractivity contribution in [1.29, 1.82) is 0 Å². The van der Waals surface area contributed by atoms with Gasteiger partial charge in [-0.1, -0.05) is 36.8 Å². The molecule has 1 amide bonds. The summed E-state index contributed by atoms with van der Waals surface area (Å²) in [5, 5.41) is 19.0. The van der Waals surface area contributed by atoms with Gasteiger partial charge in [-0.25, -0.2) is 4.79 Å². The molecule has 2 N–H and O–H groups in total. The largest absolute Gasteiger partial charge is 0.480 e. The number of aliphatic hydroxyl groups excluding tert-OH is 1. The molecule has 5 heteroatoms. The van der Waals surface area contributed by atoms with Crippen molar-refractivity contribution in [2.45, 2.75) is 43.2 Å². The molecule has 1 saturated carbocycles. The van der Waals surface area contributed by atoms with E-state index < -0.39 is 23.5 Å². The molecule has 0 spiro atoms. The van der Waals surface area contributed by atoms with Crippen molar-refractivity contribution in [1.82, 2.24) is 4.90 Å². The van der Waals surface area contributed by atoms with Crippen LogP contribution < -0.4 is 0 Å². The molecule has 0 radical (unpaired) electrons. The number of likely N-dealkylation sites (tertiary alicyclic amines) is 1. The normalized spacial score (nSPS) is 27.2. The molecule has 2 atom stereocenters. The number of benzene rings is 1. The fraction of sp³-hybridized carbons (Fsp3) is 0.500. The molecule has 2 fully saturated rings. The standard InChI is InChI=1S/C16H19NO4/c18-12-9-13(14(19)20)17(10-12)15(21)16(7-4-8-16)11-5-2-1-3-6-11/h1-3,5-6,12-13,18H,4,7-10H2,(H,19,20)/t12-,13+/m1/s1. The van der Waals surface area contributed by atoms with Gasteiger partial charge in [-0.15, -0.1) is 0 Å². The molecule has 3 rings (SSSR count). The van der Waals surface area contributed by atoms with E-state index in [1.165, 1.54) is 4.90 Å². The minimum atomic E-state index is -1.04. The predicted molar refractivity (Wildman–Crippen MR) is 75.7 cm³/mol. The lowest BCUT2D eigenvalue weighted by atomic mass is 9.63. The molecular formula is C16H19NO4. The molecule has 5 nitrogen and oxygen atoms in total. The Kier molecular flexibility index (Phi) is 3.45. The van der Waals surface area contributed by atoms with Gasteiger partial charge in [0, 0.05) is 13.0 Å². The maximum atomic E-state index is 13.0. The summed E-state index contributed by atoms with van der Waals surface area (Å²) in [6.45, 7) is 0.115. The van der Waals surface area contributed by atoms with E-state index in [2.05, 4.69) is 0 Å². The Labute approximate surface area is 123 Å². The Morgan fingerprint density at radius 2 is 1.86 bits per heavy atom. The minimum absolute atomic E-state index is 0.115. The second-order valence-electron chi connectivity index (χ2n) is 6.00. The number of hydrogen-bond acceptors (Lipinski definition) is 3. The van der Waals surface area contributed by atoms with Crippen LogP contribution in [0.25, 0.3) is 0 Å². The van der Waals surface area contributed by atoms with Gasteiger partial charge in [0.1, 0.15) is 6.04 Å². The van der Waals surface area contributed by atoms with Gasteiger partial charge < -0.3 is 15.1 Å². The lowest BCUT2D eigenvalue weighted by Crippen LogP contribution is -2.54. The van der Waals surface area contributed by atoms with Crippen molar-refractivity contribution in [2.75, 3.05) is 6.54 Å². The molecule has 1 aromatic rings. The Morgan fingerprint density at radius 3 is 2.38 bits per heavy atom. The van der Waals surface area contributed by atoms with E-state index in [0.717, 1.165) is 24.8 Å². The van der Waals surface area contributed by atoms with Gasteiger partial charge in [-0.3, -0.25) is 4.79 Å². The topological polar surface area (TPSA) is 77.8 Å². The molecule has 112 valence electrons. The average molecular weight is 289 g/mol. The van der Waals surface area contributed by atoms with Crippen LogP contribution in [0.1, 0.15) is 31.2 Å². The van der Waals surface area contributed by atoms with E-state index in [1.54, 1.807) is 0 Å². The first-order chi connectivity index (χ1) is 10.0. The van der Waals surface area contributed by atoms with Crippen molar-refractivity contribution in [2.24, 2.45) is 0 Å². The van der Waals surface area contributed by atoms with Crippen LogP contribution in [0.3, 0.4) is 0 Å². The maximum Gasteiger partial charge on any atom is 0.326 e. The number of nitrogens with zero attached hydrogens (tertiary/aromatic N) is 1. The minimum Gasteiger partial charge on any atom is -0.480 e. The third-order valence-corrected chi connectivity index (χ3v) is 4.77. The zero-order chi connectivity index (χ0) is 15.0. The second kappa shape index (κ2) is 5.15. The SMILES string of the molecule is O=C(O)[C@@H]1C[C@@H](O)CN1C(=O)C1(c2ccccc2)CCC1. The molecule has 1 heterocycles. The summed E-state index contributed by atoms with van der Waals surface area (Å²) in [4.78, 5) is 25.6. The van der Waals surface area contributed by atoms with E-state index in [0.29, 0.717) is 0 Å². The third kappa shape index (κ3) is 2.21. The molecule has 2 aliphatic rings. The number of carbonyl (C=O) groups excluding carboxylic acids is 1. The maximum absolute atomic E-state index is 13.0. The van der Waals surface area contributed by atoms with Gasteiger partial charge in [0.2, 0.25) is 5.91 Å². The number of aliphatic hydroxyl groups is 1. The first-order valence-electron chi connectivity index (χ1n) is 7.32. The summed E-state index contributed by atoms with van der Waals surface area (Å²) in [7, 11) is 0. The number of hydrogen-bond donors (Lipinski definition) is 2. The number of carboxylic acid groups (broad SMARTS) is 1. The highest BCUT2D eigenvalue weighted by Gasteiger charge is 2.51. The van der Waals surface area contributed by atoms with E-state index in [9.17, 15) is 19.8 Å². The Balaban J connectivity index is 1.91. The van der Waals surface area contributed by atoms with Gasteiger partial charge in [-0.2, -0.15) is 0 Å². The highest BCUT2D eigenvalue weighted by molar-refractivity contribution is 5.93. The smallest absolute Gasteiger partial charge is 0.326 e. The van der Waals surface area contributed by atoms with E-state index in [4.69, 9.17) is 0 Å². The van der Waals surface area contributed by atoms with Crippen LogP contribution in [0.5, 0.6) is 0 Å². The Morgan fingerprint density at radius 1 is 1.19 bits per heavy atom. The molecule has 1 saturated heterocycles. The zero-order valence-electron chi connectivity index (χ0n) is 11.7. The van der Waals surface area contributed by atoms with Crippen LogP contribution >= 0.6 is 0 Å². The van der Waals surface area contributed by atoms with Gasteiger partial charge in [0.15, 0.2) is 0 Å². The van der Waals surface area contributed by atoms with Crippen molar-refractivity contribution in [3.63, 3.8) is 0 Å². The molecule has 21 heavy (non-hydrogen) atoms. The van der Waals surface area contributed by atoms with Crippen molar-refractivity contribution in [3.8, 4) is 0 Å². The van der Waals surface area contributed by atoms with Crippen LogP contribution in [-0.2, 0) is 15.0 Å². The van der Waals surface area contributed by atoms with Crippen molar-refractivity contribution in [3.05, 3.63) is 35.9 Å². The summed E-state index contributed by atoms with van der Waals surface area (Å²) in [5.41, 5.74) is 0.353. The molecule has 1 aliphatic carbocycles. The molecule has 0 bridgehead atoms. The number of carboxylic acids is 1. The van der Waals surface area contributed by atoms with Crippen LogP contribution in [0, 0.1) is 0 Å². The monoisotopic (exact) mass is 289 g/mol. The number of aliphatic carboxylic acids is 1. The fourth-order valence-electron chi connectivity index (χ4n) is 3.46. The van der Waals surface area contributed by atoms with Gasteiger partial charge in [0.05, 0.1) is 11.5 Å². The molecule has 1 aromatic carbocycles. The first-order valence-corrected chi connectivity index (χ1v) is 7.32. The molecule has 0 aromatic heterocycles. The highest BCUT2D eigenvalue weighted by Crippen LogP contribution is 2.46. The van der Waals surface area contributed by atoms with Crippen LogP contribution in [-0.4, -0.2) is 45.7 Å². The van der Waals surface area contributed by atoms with Crippen molar-refractivity contribution >= 4 is 11.9 Å². The Hall–Kier alpha value is -1.88. The fourth-order valence-corrected chi connectivity index (χ4v) is 3.46. The predicted octanol–water partition coefficient (Wildman–Crippen LogP) is 1.15. The number of carbonyl (C=O) groups is 2. The summed E-state index contributed by atoms with van der Waals surface area (Å²) in [5.74, 6) is -1.19. The molecular weight excluding hydrogens is 270 g/mol. The molecule has 1 aliphatic heterocycles. The van der Waals surface area contributed by atoms with E-state index in [-0.39, 0.29) is 18.9 Å². The number of amides is 1. The Bertz CT molecular complexity index is 553. The van der Waals surface area contributed by atoms with Gasteiger partial charge in [0.25, 0.3) is 0 Å².